The van der Waals surface area contributed by atoms with Gasteiger partial charge in [-0.25, -0.2) is 4.39 Å². The lowest BCUT2D eigenvalue weighted by Crippen LogP contribution is -2.05. The number of nitriles is 1. The van der Waals surface area contributed by atoms with Crippen molar-refractivity contribution in [1.82, 2.24) is 0 Å². The van der Waals surface area contributed by atoms with Crippen molar-refractivity contribution in [3.63, 3.8) is 0 Å². The van der Waals surface area contributed by atoms with Gasteiger partial charge in [0.2, 0.25) is 0 Å². The molecule has 0 saturated heterocycles. The molecule has 0 fully saturated rings. The van der Waals surface area contributed by atoms with E-state index in [-0.39, 0.29) is 11.7 Å². The highest BCUT2D eigenvalue weighted by Crippen LogP contribution is 2.32. The Balaban J connectivity index is 2.38. The molecule has 22 heavy (non-hydrogen) atoms. The van der Waals surface area contributed by atoms with Crippen LogP contribution >= 0.6 is 0 Å². The summed E-state index contributed by atoms with van der Waals surface area (Å²) in [6.07, 6.45) is 0.464. The van der Waals surface area contributed by atoms with Gasteiger partial charge in [0.1, 0.15) is 11.6 Å². The second-order valence-corrected chi connectivity index (χ2v) is 5.67. The first-order chi connectivity index (χ1) is 10.5. The van der Waals surface area contributed by atoms with Gasteiger partial charge in [-0.15, -0.1) is 0 Å². The summed E-state index contributed by atoms with van der Waals surface area (Å²) < 4.78 is 18.7. The number of benzene rings is 2. The van der Waals surface area contributed by atoms with Crippen molar-refractivity contribution in [3.05, 3.63) is 65.0 Å². The summed E-state index contributed by atoms with van der Waals surface area (Å²) in [6, 6.07) is 14.7. The molecule has 0 amide bonds. The molecule has 0 spiro atoms. The van der Waals surface area contributed by atoms with Crippen LogP contribution in [-0.2, 0) is 6.42 Å². The maximum atomic E-state index is 13.3. The first-order valence-electron chi connectivity index (χ1n) is 7.37. The van der Waals surface area contributed by atoms with Crippen molar-refractivity contribution in [2.24, 2.45) is 0 Å². The van der Waals surface area contributed by atoms with Crippen molar-refractivity contribution in [3.8, 4) is 11.8 Å². The third-order valence-electron chi connectivity index (χ3n) is 3.78. The lowest BCUT2D eigenvalue weighted by atomic mass is 9.89. The Kier molecular flexibility index (Phi) is 5.16. The smallest absolute Gasteiger partial charge is 0.123 e. The number of hydrogen-bond donors (Lipinski definition) is 0. The maximum Gasteiger partial charge on any atom is 0.123 e. The molecule has 0 bridgehead atoms. The average Bonchev–Trinajstić information content (AvgIpc) is 2.52. The van der Waals surface area contributed by atoms with Crippen LogP contribution < -0.4 is 4.74 Å². The van der Waals surface area contributed by atoms with E-state index in [9.17, 15) is 9.65 Å². The minimum absolute atomic E-state index is 0.280. The molecule has 0 aliphatic heterocycles. The van der Waals surface area contributed by atoms with Crippen LogP contribution in [0, 0.1) is 17.1 Å². The van der Waals surface area contributed by atoms with Crippen molar-refractivity contribution in [2.75, 3.05) is 7.11 Å². The Hall–Kier alpha value is -2.34. The number of hydrogen-bond acceptors (Lipinski definition) is 2. The Labute approximate surface area is 131 Å². The summed E-state index contributed by atoms with van der Waals surface area (Å²) in [5.41, 5.74) is 2.83. The van der Waals surface area contributed by atoms with Gasteiger partial charge in [0, 0.05) is 5.56 Å². The lowest BCUT2D eigenvalue weighted by Gasteiger charge is -2.16. The van der Waals surface area contributed by atoms with Gasteiger partial charge in [0.25, 0.3) is 0 Å². The summed E-state index contributed by atoms with van der Waals surface area (Å²) in [7, 11) is 1.60. The Morgan fingerprint density at radius 3 is 2.55 bits per heavy atom. The molecule has 2 nitrogen and oxygen atoms in total. The minimum Gasteiger partial charge on any atom is -0.496 e. The summed E-state index contributed by atoms with van der Waals surface area (Å²) in [5, 5.41) is 9.56. The van der Waals surface area contributed by atoms with Crippen LogP contribution in [0.2, 0.25) is 0 Å². The Bertz CT molecular complexity index is 688. The fourth-order valence-electron chi connectivity index (χ4n) is 2.51. The highest BCUT2D eigenvalue weighted by molar-refractivity contribution is 5.44. The maximum absolute atomic E-state index is 13.3. The first kappa shape index (κ1) is 16.0. The van der Waals surface area contributed by atoms with E-state index in [2.05, 4.69) is 19.9 Å². The van der Waals surface area contributed by atoms with Gasteiger partial charge in [-0.05, 0) is 41.7 Å². The largest absolute Gasteiger partial charge is 0.496 e. The van der Waals surface area contributed by atoms with E-state index in [4.69, 9.17) is 4.74 Å². The summed E-state index contributed by atoms with van der Waals surface area (Å²) >= 11 is 0. The molecule has 2 aromatic rings. The lowest BCUT2D eigenvalue weighted by molar-refractivity contribution is 0.407. The third-order valence-corrected chi connectivity index (χ3v) is 3.78. The second-order valence-electron chi connectivity index (χ2n) is 5.67. The van der Waals surface area contributed by atoms with Gasteiger partial charge in [0.05, 0.1) is 19.1 Å². The quantitative estimate of drug-likeness (QED) is 0.793. The molecule has 0 aliphatic rings. The molecular formula is C19H20FNO. The number of methoxy groups -OCH3 is 1. The van der Waals surface area contributed by atoms with Crippen LogP contribution in [0.5, 0.6) is 5.75 Å². The van der Waals surface area contributed by atoms with E-state index in [1.54, 1.807) is 13.2 Å². The van der Waals surface area contributed by atoms with E-state index in [0.717, 1.165) is 16.7 Å². The van der Waals surface area contributed by atoms with Crippen LogP contribution in [0.1, 0.15) is 42.4 Å². The first-order valence-corrected chi connectivity index (χ1v) is 7.37. The summed E-state index contributed by atoms with van der Waals surface area (Å²) in [6.45, 7) is 4.22. The molecule has 0 aromatic heterocycles. The SMILES string of the molecule is COc1ccc(C(C)C)cc1C(C#N)Cc1cccc(F)c1. The Morgan fingerprint density at radius 1 is 1.18 bits per heavy atom. The van der Waals surface area contributed by atoms with Gasteiger partial charge in [-0.3, -0.25) is 0 Å². The molecule has 0 N–H and O–H groups in total. The molecule has 1 unspecified atom stereocenters. The molecule has 0 radical (unpaired) electrons. The predicted molar refractivity (Wildman–Crippen MR) is 85.5 cm³/mol. The zero-order valence-corrected chi connectivity index (χ0v) is 13.1. The molecule has 0 heterocycles. The standard InChI is InChI=1S/C19H20FNO/c1-13(2)15-7-8-19(22-3)18(11-15)16(12-21)9-14-5-4-6-17(20)10-14/h4-8,10-11,13,16H,9H2,1-3H3. The van der Waals surface area contributed by atoms with Crippen molar-refractivity contribution < 1.29 is 9.13 Å². The number of nitrogens with zero attached hydrogens (tertiary/aromatic N) is 1. The highest BCUT2D eigenvalue weighted by atomic mass is 19.1. The Morgan fingerprint density at radius 2 is 1.95 bits per heavy atom. The van der Waals surface area contributed by atoms with Crippen molar-refractivity contribution in [2.45, 2.75) is 32.1 Å². The van der Waals surface area contributed by atoms with E-state index >= 15 is 0 Å². The molecule has 2 aromatic carbocycles. The topological polar surface area (TPSA) is 33.0 Å². The van der Waals surface area contributed by atoms with E-state index in [1.807, 2.05) is 24.3 Å². The molecule has 2 rings (SSSR count). The minimum atomic E-state index is -0.365. The normalized spacial score (nSPS) is 12.0. The summed E-state index contributed by atoms with van der Waals surface area (Å²) in [4.78, 5) is 0. The molecule has 114 valence electrons. The summed E-state index contributed by atoms with van der Waals surface area (Å²) in [5.74, 6) is 0.429. The number of rotatable bonds is 5. The van der Waals surface area contributed by atoms with Crippen LogP contribution in [0.4, 0.5) is 4.39 Å². The fraction of sp³-hybridized carbons (Fsp3) is 0.316. The second kappa shape index (κ2) is 7.09. The molecule has 0 aliphatic carbocycles. The van der Waals surface area contributed by atoms with Crippen LogP contribution in [0.3, 0.4) is 0 Å². The zero-order valence-electron chi connectivity index (χ0n) is 13.1. The predicted octanol–water partition coefficient (Wildman–Crippen LogP) is 4.81. The number of ether oxygens (including phenoxy) is 1. The van der Waals surface area contributed by atoms with E-state index in [1.165, 1.54) is 12.1 Å². The van der Waals surface area contributed by atoms with Gasteiger partial charge in [-0.1, -0.05) is 38.1 Å². The number of halogens is 1. The molecule has 1 atom stereocenters. The van der Waals surface area contributed by atoms with Gasteiger partial charge < -0.3 is 4.74 Å². The van der Waals surface area contributed by atoms with E-state index < -0.39 is 0 Å². The molecular weight excluding hydrogens is 277 g/mol. The monoisotopic (exact) mass is 297 g/mol. The van der Waals surface area contributed by atoms with Gasteiger partial charge >= 0.3 is 0 Å². The highest BCUT2D eigenvalue weighted by Gasteiger charge is 2.18. The van der Waals surface area contributed by atoms with Crippen LogP contribution in [0.25, 0.3) is 0 Å². The van der Waals surface area contributed by atoms with Crippen molar-refractivity contribution in [1.29, 1.82) is 5.26 Å². The average molecular weight is 297 g/mol. The van der Waals surface area contributed by atoms with Crippen LogP contribution in [0.15, 0.2) is 42.5 Å². The molecule has 3 heteroatoms. The van der Waals surface area contributed by atoms with E-state index in [0.29, 0.717) is 18.1 Å². The van der Waals surface area contributed by atoms with Gasteiger partial charge in [0.15, 0.2) is 0 Å². The third kappa shape index (κ3) is 3.65. The van der Waals surface area contributed by atoms with Crippen LogP contribution in [-0.4, -0.2) is 7.11 Å². The molecule has 0 saturated carbocycles. The zero-order chi connectivity index (χ0) is 16.1. The van der Waals surface area contributed by atoms with Gasteiger partial charge in [-0.2, -0.15) is 5.26 Å². The van der Waals surface area contributed by atoms with Crippen molar-refractivity contribution >= 4 is 0 Å². The fourth-order valence-corrected chi connectivity index (χ4v) is 2.51.